The lowest BCUT2D eigenvalue weighted by molar-refractivity contribution is -0.117. The van der Waals surface area contributed by atoms with Crippen molar-refractivity contribution in [2.45, 2.75) is 6.42 Å². The monoisotopic (exact) mass is 232 g/mol. The predicted octanol–water partition coefficient (Wildman–Crippen LogP) is 1.33. The summed E-state index contributed by atoms with van der Waals surface area (Å²) >= 11 is 0. The molecular formula is C10H12N6O. The van der Waals surface area contributed by atoms with Gasteiger partial charge < -0.3 is 5.73 Å². The summed E-state index contributed by atoms with van der Waals surface area (Å²) in [4.78, 5) is 20.1. The van der Waals surface area contributed by atoms with Crippen molar-refractivity contribution in [1.82, 2.24) is 4.98 Å². The molecule has 1 unspecified atom stereocenters. The Bertz CT molecular complexity index is 464. The van der Waals surface area contributed by atoms with Crippen LogP contribution in [0, 0.1) is 5.92 Å². The maximum absolute atomic E-state index is 11.8. The summed E-state index contributed by atoms with van der Waals surface area (Å²) in [6.45, 7) is 0.877. The lowest BCUT2D eigenvalue weighted by Gasteiger charge is -2.14. The van der Waals surface area contributed by atoms with E-state index in [9.17, 15) is 4.79 Å². The van der Waals surface area contributed by atoms with Gasteiger partial charge >= 0.3 is 0 Å². The van der Waals surface area contributed by atoms with Crippen LogP contribution >= 0.6 is 0 Å². The van der Waals surface area contributed by atoms with Gasteiger partial charge in [0, 0.05) is 24.4 Å². The molecule has 1 aromatic heterocycles. The maximum Gasteiger partial charge on any atom is 0.228 e. The summed E-state index contributed by atoms with van der Waals surface area (Å²) < 4.78 is 0. The summed E-state index contributed by atoms with van der Waals surface area (Å²) in [6.07, 6.45) is 1.91. The zero-order valence-corrected chi connectivity index (χ0v) is 9.15. The molecule has 7 nitrogen and oxygen atoms in total. The van der Waals surface area contributed by atoms with E-state index >= 15 is 0 Å². The number of nitrogens with two attached hydrogens (primary N) is 1. The number of amides is 1. The first-order chi connectivity index (χ1) is 8.20. The topological polar surface area (TPSA) is 108 Å². The fraction of sp³-hybridized carbons (Fsp3) is 0.400. The lowest BCUT2D eigenvalue weighted by atomic mass is 10.1. The summed E-state index contributed by atoms with van der Waals surface area (Å²) in [6, 6.07) is 3.42. The smallest absolute Gasteiger partial charge is 0.228 e. The van der Waals surface area contributed by atoms with Crippen LogP contribution in [0.3, 0.4) is 0 Å². The van der Waals surface area contributed by atoms with Gasteiger partial charge in [0.05, 0.1) is 11.9 Å². The molecule has 17 heavy (non-hydrogen) atoms. The van der Waals surface area contributed by atoms with Crippen LogP contribution in [-0.2, 0) is 4.79 Å². The number of nitrogen functional groups attached to an aromatic ring is 1. The van der Waals surface area contributed by atoms with Crippen molar-refractivity contribution in [2.24, 2.45) is 11.0 Å². The average molecular weight is 232 g/mol. The van der Waals surface area contributed by atoms with Gasteiger partial charge in [0.1, 0.15) is 5.82 Å². The second-order valence-corrected chi connectivity index (χ2v) is 3.94. The minimum atomic E-state index is 0.000381. The van der Waals surface area contributed by atoms with Crippen molar-refractivity contribution in [1.29, 1.82) is 0 Å². The summed E-state index contributed by atoms with van der Waals surface area (Å²) in [7, 11) is 0. The largest absolute Gasteiger partial charge is 0.397 e. The maximum atomic E-state index is 11.8. The van der Waals surface area contributed by atoms with Crippen molar-refractivity contribution in [2.75, 3.05) is 23.7 Å². The standard InChI is InChI=1S/C10H12N6O/c11-8-1-2-9(13-5-8)16-6-7(3-10(16)17)4-14-15-12/h1-2,5,7H,3-4,6,11H2. The number of aromatic nitrogens is 1. The molecule has 0 bridgehead atoms. The van der Waals surface area contributed by atoms with E-state index in [1.807, 2.05) is 0 Å². The number of rotatable bonds is 3. The van der Waals surface area contributed by atoms with Gasteiger partial charge in [0.2, 0.25) is 5.91 Å². The second-order valence-electron chi connectivity index (χ2n) is 3.94. The van der Waals surface area contributed by atoms with Crippen LogP contribution in [0.4, 0.5) is 11.5 Å². The Hall–Kier alpha value is -2.27. The molecule has 1 aliphatic rings. The van der Waals surface area contributed by atoms with Crippen molar-refractivity contribution in [3.8, 4) is 0 Å². The molecular weight excluding hydrogens is 220 g/mol. The molecule has 2 heterocycles. The number of carbonyl (C=O) groups excluding carboxylic acids is 1. The van der Waals surface area contributed by atoms with Gasteiger partial charge in [-0.2, -0.15) is 0 Å². The number of azide groups is 1. The van der Waals surface area contributed by atoms with Crippen molar-refractivity contribution >= 4 is 17.4 Å². The fourth-order valence-electron chi connectivity index (χ4n) is 1.83. The molecule has 1 aliphatic heterocycles. The molecule has 1 aromatic rings. The number of nitrogens with zero attached hydrogens (tertiary/aromatic N) is 5. The van der Waals surface area contributed by atoms with E-state index in [4.69, 9.17) is 11.3 Å². The molecule has 0 saturated carbocycles. The third-order valence-electron chi connectivity index (χ3n) is 2.66. The van der Waals surface area contributed by atoms with E-state index in [0.29, 0.717) is 31.0 Å². The highest BCUT2D eigenvalue weighted by Crippen LogP contribution is 2.23. The first kappa shape index (κ1) is 11.2. The van der Waals surface area contributed by atoms with E-state index in [0.717, 1.165) is 0 Å². The van der Waals surface area contributed by atoms with Crippen LogP contribution in [-0.4, -0.2) is 24.0 Å². The highest BCUT2D eigenvalue weighted by atomic mass is 16.2. The molecule has 2 rings (SSSR count). The third kappa shape index (κ3) is 2.46. The number of hydrogen-bond acceptors (Lipinski definition) is 4. The first-order valence-electron chi connectivity index (χ1n) is 5.23. The van der Waals surface area contributed by atoms with Gasteiger partial charge in [-0.15, -0.1) is 0 Å². The molecule has 0 radical (unpaired) electrons. The SMILES string of the molecule is [N-]=[N+]=NCC1CC(=O)N(c2ccc(N)cn2)C1. The summed E-state index contributed by atoms with van der Waals surface area (Å²) in [5.74, 6) is 0.658. The highest BCUT2D eigenvalue weighted by molar-refractivity contribution is 5.94. The van der Waals surface area contributed by atoms with E-state index in [2.05, 4.69) is 15.0 Å². The molecule has 7 heteroatoms. The molecule has 1 atom stereocenters. The Labute approximate surface area is 97.9 Å². The summed E-state index contributed by atoms with van der Waals surface area (Å²) in [5, 5.41) is 3.49. The zero-order valence-electron chi connectivity index (χ0n) is 9.15. The Kier molecular flexibility index (Phi) is 3.11. The zero-order chi connectivity index (χ0) is 12.3. The van der Waals surface area contributed by atoms with Gasteiger partial charge in [-0.25, -0.2) is 4.98 Å². The Morgan fingerprint density at radius 3 is 3.12 bits per heavy atom. The van der Waals surface area contributed by atoms with E-state index in [-0.39, 0.29) is 11.8 Å². The molecule has 88 valence electrons. The van der Waals surface area contributed by atoms with Crippen LogP contribution in [0.5, 0.6) is 0 Å². The van der Waals surface area contributed by atoms with Crippen molar-refractivity contribution in [3.05, 3.63) is 28.8 Å². The first-order valence-corrected chi connectivity index (χ1v) is 5.23. The van der Waals surface area contributed by atoms with Gasteiger partial charge in [0.15, 0.2) is 0 Å². The van der Waals surface area contributed by atoms with Crippen LogP contribution in [0.2, 0.25) is 0 Å². The molecule has 1 fully saturated rings. The Morgan fingerprint density at radius 2 is 2.47 bits per heavy atom. The summed E-state index contributed by atoms with van der Waals surface area (Å²) in [5.41, 5.74) is 14.3. The van der Waals surface area contributed by atoms with Gasteiger partial charge in [-0.1, -0.05) is 5.11 Å². The molecule has 1 amide bonds. The van der Waals surface area contributed by atoms with E-state index in [1.165, 1.54) is 6.20 Å². The second kappa shape index (κ2) is 4.71. The van der Waals surface area contributed by atoms with Crippen molar-refractivity contribution < 1.29 is 4.79 Å². The van der Waals surface area contributed by atoms with Gasteiger partial charge in [-0.05, 0) is 23.6 Å². The minimum absolute atomic E-state index is 0.000381. The third-order valence-corrected chi connectivity index (χ3v) is 2.66. The normalized spacial score (nSPS) is 19.2. The molecule has 2 N–H and O–H groups in total. The van der Waals surface area contributed by atoms with Crippen LogP contribution in [0.25, 0.3) is 10.4 Å². The highest BCUT2D eigenvalue weighted by Gasteiger charge is 2.30. The molecule has 0 aliphatic carbocycles. The number of pyridine rings is 1. The van der Waals surface area contributed by atoms with Gasteiger partial charge in [0.25, 0.3) is 0 Å². The number of carbonyl (C=O) groups is 1. The van der Waals surface area contributed by atoms with Crippen LogP contribution in [0.15, 0.2) is 23.4 Å². The number of anilines is 2. The number of hydrogen-bond donors (Lipinski definition) is 1. The molecule has 0 spiro atoms. The lowest BCUT2D eigenvalue weighted by Crippen LogP contribution is -2.25. The van der Waals surface area contributed by atoms with E-state index < -0.39 is 0 Å². The molecule has 1 saturated heterocycles. The van der Waals surface area contributed by atoms with Gasteiger partial charge in [-0.3, -0.25) is 9.69 Å². The minimum Gasteiger partial charge on any atom is -0.397 e. The van der Waals surface area contributed by atoms with Crippen LogP contribution in [0.1, 0.15) is 6.42 Å². The fourth-order valence-corrected chi connectivity index (χ4v) is 1.83. The quantitative estimate of drug-likeness (QED) is 0.482. The predicted molar refractivity (Wildman–Crippen MR) is 63.1 cm³/mol. The average Bonchev–Trinajstić information content (AvgIpc) is 2.69. The van der Waals surface area contributed by atoms with Crippen LogP contribution < -0.4 is 10.6 Å². The molecule has 0 aromatic carbocycles. The Morgan fingerprint density at radius 1 is 1.65 bits per heavy atom. The Balaban J connectivity index is 2.10. The van der Waals surface area contributed by atoms with E-state index in [1.54, 1.807) is 17.0 Å². The van der Waals surface area contributed by atoms with Crippen molar-refractivity contribution in [3.63, 3.8) is 0 Å².